The normalized spacial score (nSPS) is 25.9. The Kier molecular flexibility index (Phi) is 7.30. The molecule has 4 atom stereocenters. The number of benzene rings is 2. The van der Waals surface area contributed by atoms with Gasteiger partial charge < -0.3 is 4.74 Å². The number of esters is 1. The highest BCUT2D eigenvalue weighted by atomic mass is 19.1. The van der Waals surface area contributed by atoms with Crippen molar-refractivity contribution in [1.29, 1.82) is 0 Å². The Labute approximate surface area is 186 Å². The lowest BCUT2D eigenvalue weighted by Crippen LogP contribution is -2.30. The van der Waals surface area contributed by atoms with Crippen LogP contribution in [0.15, 0.2) is 30.3 Å². The number of fused-ring (bicyclic) bond motifs is 2. The molecule has 0 bridgehead atoms. The predicted molar refractivity (Wildman–Crippen MR) is 125 cm³/mol. The third-order valence-corrected chi connectivity index (χ3v) is 8.01. The van der Waals surface area contributed by atoms with E-state index in [0.29, 0.717) is 16.9 Å². The summed E-state index contributed by atoms with van der Waals surface area (Å²) in [5.74, 6) is 2.44. The number of hydrogen-bond donors (Lipinski definition) is 0. The van der Waals surface area contributed by atoms with Gasteiger partial charge in [0.1, 0.15) is 5.82 Å². The van der Waals surface area contributed by atoms with Crippen molar-refractivity contribution < 1.29 is 13.9 Å². The van der Waals surface area contributed by atoms with Gasteiger partial charge in [-0.1, -0.05) is 57.6 Å². The Balaban J connectivity index is 1.41. The molecular weight excluding hydrogens is 387 g/mol. The van der Waals surface area contributed by atoms with Gasteiger partial charge in [0.25, 0.3) is 0 Å². The average Bonchev–Trinajstić information content (AvgIpc) is 2.80. The van der Waals surface area contributed by atoms with Crippen molar-refractivity contribution >= 4 is 16.7 Å². The predicted octanol–water partition coefficient (Wildman–Crippen LogP) is 8.04. The zero-order valence-corrected chi connectivity index (χ0v) is 19.2. The highest BCUT2D eigenvalue weighted by Gasteiger charge is 2.36. The summed E-state index contributed by atoms with van der Waals surface area (Å²) in [6.45, 7) is 2.28. The number of hydrogen-bond acceptors (Lipinski definition) is 2. The first-order valence-electron chi connectivity index (χ1n) is 12.4. The largest absolute Gasteiger partial charge is 0.465 e. The summed E-state index contributed by atoms with van der Waals surface area (Å²) in [6, 6.07) is 9.05. The SMILES string of the molecule is CCCCCCC1CC[C@@H]2CC(c3cc(F)c4cc(C(=O)OC)ccc4c3)CC[C@H]2C1. The summed E-state index contributed by atoms with van der Waals surface area (Å²) in [6.07, 6.45) is 14.8. The summed E-state index contributed by atoms with van der Waals surface area (Å²) in [7, 11) is 1.35. The van der Waals surface area contributed by atoms with E-state index in [1.807, 2.05) is 6.07 Å². The van der Waals surface area contributed by atoms with Crippen LogP contribution in [0, 0.1) is 23.6 Å². The highest BCUT2D eigenvalue weighted by molar-refractivity contribution is 5.95. The Bertz CT molecular complexity index is 905. The fourth-order valence-corrected chi connectivity index (χ4v) is 6.23. The van der Waals surface area contributed by atoms with Crippen molar-refractivity contribution in [3.8, 4) is 0 Å². The van der Waals surface area contributed by atoms with Crippen LogP contribution >= 0.6 is 0 Å². The van der Waals surface area contributed by atoms with Crippen LogP contribution in [0.5, 0.6) is 0 Å². The summed E-state index contributed by atoms with van der Waals surface area (Å²) >= 11 is 0. The maximum Gasteiger partial charge on any atom is 0.337 e. The van der Waals surface area contributed by atoms with Crippen LogP contribution in [0.25, 0.3) is 10.8 Å². The molecule has 2 unspecified atom stereocenters. The molecule has 3 heteroatoms. The summed E-state index contributed by atoms with van der Waals surface area (Å²) in [4.78, 5) is 11.8. The van der Waals surface area contributed by atoms with E-state index in [1.54, 1.807) is 18.2 Å². The molecule has 0 aliphatic heterocycles. The van der Waals surface area contributed by atoms with E-state index in [2.05, 4.69) is 13.0 Å². The number of methoxy groups -OCH3 is 1. The zero-order valence-electron chi connectivity index (χ0n) is 19.2. The topological polar surface area (TPSA) is 26.3 Å². The van der Waals surface area contributed by atoms with Gasteiger partial charge in [-0.3, -0.25) is 0 Å². The lowest BCUT2D eigenvalue weighted by molar-refractivity contribution is 0.0601. The van der Waals surface area contributed by atoms with E-state index in [1.165, 1.54) is 77.7 Å². The van der Waals surface area contributed by atoms with Crippen LogP contribution in [0.2, 0.25) is 0 Å². The van der Waals surface area contributed by atoms with Gasteiger partial charge in [-0.05, 0) is 84.9 Å². The van der Waals surface area contributed by atoms with Gasteiger partial charge in [0.2, 0.25) is 0 Å². The minimum atomic E-state index is -0.426. The molecule has 2 aromatic carbocycles. The number of halogens is 1. The van der Waals surface area contributed by atoms with Crippen LogP contribution < -0.4 is 0 Å². The number of carbonyl (C=O) groups is 1. The van der Waals surface area contributed by atoms with E-state index >= 15 is 0 Å². The van der Waals surface area contributed by atoms with E-state index in [4.69, 9.17) is 4.74 Å². The van der Waals surface area contributed by atoms with Crippen molar-refractivity contribution in [3.63, 3.8) is 0 Å². The maximum absolute atomic E-state index is 15.0. The van der Waals surface area contributed by atoms with Crippen LogP contribution in [0.3, 0.4) is 0 Å². The minimum Gasteiger partial charge on any atom is -0.465 e. The molecule has 0 N–H and O–H groups in total. The molecule has 0 heterocycles. The van der Waals surface area contributed by atoms with Gasteiger partial charge in [-0.15, -0.1) is 0 Å². The second kappa shape index (κ2) is 10.1. The number of unbranched alkanes of at least 4 members (excludes halogenated alkanes) is 3. The van der Waals surface area contributed by atoms with Crippen LogP contribution in [0.4, 0.5) is 4.39 Å². The van der Waals surface area contributed by atoms with Gasteiger partial charge in [-0.2, -0.15) is 0 Å². The third-order valence-electron chi connectivity index (χ3n) is 8.01. The van der Waals surface area contributed by atoms with E-state index < -0.39 is 5.97 Å². The molecule has 0 saturated heterocycles. The monoisotopic (exact) mass is 424 g/mol. The Morgan fingerprint density at radius 1 is 1.00 bits per heavy atom. The molecule has 2 aromatic rings. The molecule has 31 heavy (non-hydrogen) atoms. The Hall–Kier alpha value is -1.90. The molecular formula is C28H37FO2. The van der Waals surface area contributed by atoms with E-state index in [9.17, 15) is 9.18 Å². The molecule has 2 aliphatic rings. The lowest BCUT2D eigenvalue weighted by atomic mass is 9.63. The van der Waals surface area contributed by atoms with E-state index in [-0.39, 0.29) is 5.82 Å². The molecule has 168 valence electrons. The number of rotatable bonds is 7. The van der Waals surface area contributed by atoms with Crippen molar-refractivity contribution in [2.45, 2.75) is 83.5 Å². The number of carbonyl (C=O) groups excluding carboxylic acids is 1. The molecule has 2 nitrogen and oxygen atoms in total. The minimum absolute atomic E-state index is 0.226. The first kappa shape index (κ1) is 22.3. The standard InChI is InChI=1S/C28H37FO2/c1-3-4-5-6-7-19-8-9-21-15-22(11-10-20(21)14-19)25-16-23-12-13-24(28(30)31-2)17-26(23)27(29)18-25/h12-13,16-22H,3-11,14-15H2,1-2H3/t19?,20-,21+,22?/m0/s1. The van der Waals surface area contributed by atoms with Gasteiger partial charge in [0, 0.05) is 5.39 Å². The van der Waals surface area contributed by atoms with Crippen molar-refractivity contribution in [1.82, 2.24) is 0 Å². The van der Waals surface area contributed by atoms with Crippen LogP contribution in [-0.2, 0) is 4.74 Å². The second-order valence-electron chi connectivity index (χ2n) is 9.99. The van der Waals surface area contributed by atoms with Crippen LogP contribution in [-0.4, -0.2) is 13.1 Å². The third kappa shape index (κ3) is 5.13. The highest BCUT2D eigenvalue weighted by Crippen LogP contribution is 2.48. The van der Waals surface area contributed by atoms with Gasteiger partial charge in [0.05, 0.1) is 12.7 Å². The molecule has 4 rings (SSSR count). The van der Waals surface area contributed by atoms with Gasteiger partial charge >= 0.3 is 5.97 Å². The lowest BCUT2D eigenvalue weighted by Gasteiger charge is -2.42. The van der Waals surface area contributed by atoms with E-state index in [0.717, 1.165) is 28.7 Å². The first-order valence-corrected chi connectivity index (χ1v) is 12.4. The Morgan fingerprint density at radius 3 is 2.61 bits per heavy atom. The fraction of sp³-hybridized carbons (Fsp3) is 0.607. The molecule has 0 spiro atoms. The quantitative estimate of drug-likeness (QED) is 0.332. The van der Waals surface area contributed by atoms with Gasteiger partial charge in [-0.25, -0.2) is 9.18 Å². The first-order chi connectivity index (χ1) is 15.1. The number of ether oxygens (including phenoxy) is 1. The molecule has 0 radical (unpaired) electrons. The zero-order chi connectivity index (χ0) is 21.8. The maximum atomic E-state index is 15.0. The molecule has 0 amide bonds. The van der Waals surface area contributed by atoms with Crippen molar-refractivity contribution in [3.05, 3.63) is 47.3 Å². The summed E-state index contributed by atoms with van der Waals surface area (Å²) in [5, 5.41) is 1.38. The van der Waals surface area contributed by atoms with Crippen LogP contribution in [0.1, 0.15) is 99.4 Å². The molecule has 2 fully saturated rings. The van der Waals surface area contributed by atoms with Gasteiger partial charge in [0.15, 0.2) is 0 Å². The molecule has 2 aliphatic carbocycles. The van der Waals surface area contributed by atoms with Crippen molar-refractivity contribution in [2.24, 2.45) is 17.8 Å². The summed E-state index contributed by atoms with van der Waals surface area (Å²) in [5.41, 5.74) is 1.53. The Morgan fingerprint density at radius 2 is 1.81 bits per heavy atom. The fourth-order valence-electron chi connectivity index (χ4n) is 6.23. The average molecular weight is 425 g/mol. The molecule has 0 aromatic heterocycles. The molecule has 2 saturated carbocycles. The summed E-state index contributed by atoms with van der Waals surface area (Å²) < 4.78 is 19.7. The smallest absolute Gasteiger partial charge is 0.337 e. The van der Waals surface area contributed by atoms with Crippen molar-refractivity contribution in [2.75, 3.05) is 7.11 Å². The second-order valence-corrected chi connectivity index (χ2v) is 9.99.